The Kier molecular flexibility index (Phi) is 5.35. The monoisotopic (exact) mass is 307 g/mol. The number of nitrogens with zero attached hydrogens (tertiary/aromatic N) is 1. The van der Waals surface area contributed by atoms with Gasteiger partial charge in [0.2, 0.25) is 0 Å². The highest BCUT2D eigenvalue weighted by Crippen LogP contribution is 2.14. The molecule has 3 amide bonds. The molecule has 0 atom stereocenters. The highest BCUT2D eigenvalue weighted by Gasteiger charge is 2.24. The van der Waals surface area contributed by atoms with Crippen LogP contribution in [0, 0.1) is 5.82 Å². The van der Waals surface area contributed by atoms with E-state index in [9.17, 15) is 14.0 Å². The second kappa shape index (κ2) is 7.24. The number of halogens is 1. The summed E-state index contributed by atoms with van der Waals surface area (Å²) >= 11 is 0. The summed E-state index contributed by atoms with van der Waals surface area (Å²) in [4.78, 5) is 25.7. The van der Waals surface area contributed by atoms with Crippen molar-refractivity contribution < 1.29 is 14.0 Å². The highest BCUT2D eigenvalue weighted by molar-refractivity contribution is 5.94. The van der Waals surface area contributed by atoms with Crippen molar-refractivity contribution in [2.75, 3.05) is 13.1 Å². The zero-order chi connectivity index (χ0) is 16.1. The van der Waals surface area contributed by atoms with Gasteiger partial charge in [-0.1, -0.05) is 0 Å². The standard InChI is InChI=1S/C16H22FN3O2/c1-11(2)18-16(22)19-14-7-9-20(10-8-14)15(21)12-3-5-13(17)6-4-12/h3-6,11,14H,7-10H2,1-2H3,(H2,18,19,22). The van der Waals surface area contributed by atoms with Crippen molar-refractivity contribution in [3.05, 3.63) is 35.6 Å². The van der Waals surface area contributed by atoms with Gasteiger partial charge in [0.25, 0.3) is 5.91 Å². The second-order valence-corrected chi connectivity index (χ2v) is 5.85. The fraction of sp³-hybridized carbons (Fsp3) is 0.500. The first-order valence-electron chi connectivity index (χ1n) is 7.57. The van der Waals surface area contributed by atoms with Crippen molar-refractivity contribution in [1.29, 1.82) is 0 Å². The molecule has 0 radical (unpaired) electrons. The SMILES string of the molecule is CC(C)NC(=O)NC1CCN(C(=O)c2ccc(F)cc2)CC1. The van der Waals surface area contributed by atoms with Gasteiger partial charge in [0.15, 0.2) is 0 Å². The predicted octanol–water partition coefficient (Wildman–Crippen LogP) is 2.14. The van der Waals surface area contributed by atoms with Gasteiger partial charge in [-0.3, -0.25) is 4.79 Å². The lowest BCUT2D eigenvalue weighted by Gasteiger charge is -2.32. The fourth-order valence-electron chi connectivity index (χ4n) is 2.49. The van der Waals surface area contributed by atoms with E-state index in [2.05, 4.69) is 10.6 Å². The van der Waals surface area contributed by atoms with Crippen LogP contribution in [0.15, 0.2) is 24.3 Å². The molecule has 1 aliphatic heterocycles. The zero-order valence-corrected chi connectivity index (χ0v) is 12.9. The number of likely N-dealkylation sites (tertiary alicyclic amines) is 1. The smallest absolute Gasteiger partial charge is 0.315 e. The van der Waals surface area contributed by atoms with E-state index in [-0.39, 0.29) is 29.8 Å². The van der Waals surface area contributed by atoms with Crippen molar-refractivity contribution in [2.24, 2.45) is 0 Å². The van der Waals surface area contributed by atoms with Gasteiger partial charge >= 0.3 is 6.03 Å². The molecule has 1 aromatic rings. The average molecular weight is 307 g/mol. The maximum absolute atomic E-state index is 12.9. The number of hydrogen-bond acceptors (Lipinski definition) is 2. The van der Waals surface area contributed by atoms with Crippen molar-refractivity contribution in [2.45, 2.75) is 38.8 Å². The molecule has 22 heavy (non-hydrogen) atoms. The number of urea groups is 1. The number of hydrogen-bond donors (Lipinski definition) is 2. The molecule has 1 heterocycles. The molecular formula is C16H22FN3O2. The maximum atomic E-state index is 12.9. The zero-order valence-electron chi connectivity index (χ0n) is 12.9. The van der Waals surface area contributed by atoms with Crippen LogP contribution in [-0.2, 0) is 0 Å². The normalized spacial score (nSPS) is 15.7. The molecule has 1 aromatic carbocycles. The van der Waals surface area contributed by atoms with Crippen molar-refractivity contribution in [1.82, 2.24) is 15.5 Å². The fourth-order valence-corrected chi connectivity index (χ4v) is 2.49. The lowest BCUT2D eigenvalue weighted by molar-refractivity contribution is 0.0708. The molecular weight excluding hydrogens is 285 g/mol. The van der Waals surface area contributed by atoms with Gasteiger partial charge in [-0.25, -0.2) is 9.18 Å². The minimum atomic E-state index is -0.351. The third kappa shape index (κ3) is 4.44. The molecule has 0 unspecified atom stereocenters. The summed E-state index contributed by atoms with van der Waals surface area (Å²) in [6.45, 7) is 4.98. The molecule has 6 heteroatoms. The van der Waals surface area contributed by atoms with Gasteiger partial charge in [0.05, 0.1) is 0 Å². The average Bonchev–Trinajstić information content (AvgIpc) is 2.47. The Bertz CT molecular complexity index is 523. The molecule has 0 spiro atoms. The van der Waals surface area contributed by atoms with Gasteiger partial charge in [-0.15, -0.1) is 0 Å². The van der Waals surface area contributed by atoms with Crippen LogP contribution >= 0.6 is 0 Å². The van der Waals surface area contributed by atoms with Crippen molar-refractivity contribution >= 4 is 11.9 Å². The van der Waals surface area contributed by atoms with Gasteiger partial charge < -0.3 is 15.5 Å². The van der Waals surface area contributed by atoms with E-state index >= 15 is 0 Å². The van der Waals surface area contributed by atoms with E-state index in [1.165, 1.54) is 24.3 Å². The molecule has 120 valence electrons. The van der Waals surface area contributed by atoms with Crippen LogP contribution in [-0.4, -0.2) is 42.0 Å². The van der Waals surface area contributed by atoms with Gasteiger partial charge in [0.1, 0.15) is 5.82 Å². The minimum Gasteiger partial charge on any atom is -0.338 e. The lowest BCUT2D eigenvalue weighted by Crippen LogP contribution is -2.50. The van der Waals surface area contributed by atoms with Crippen LogP contribution in [0.1, 0.15) is 37.0 Å². The Hall–Kier alpha value is -2.11. The Morgan fingerprint density at radius 1 is 1.18 bits per heavy atom. The Morgan fingerprint density at radius 2 is 1.77 bits per heavy atom. The predicted molar refractivity (Wildman–Crippen MR) is 82.1 cm³/mol. The Labute approximate surface area is 129 Å². The third-order valence-corrected chi connectivity index (χ3v) is 3.63. The van der Waals surface area contributed by atoms with Crippen molar-refractivity contribution in [3.8, 4) is 0 Å². The first-order valence-corrected chi connectivity index (χ1v) is 7.57. The third-order valence-electron chi connectivity index (χ3n) is 3.63. The van der Waals surface area contributed by atoms with Gasteiger partial charge in [-0.05, 0) is 51.0 Å². The number of piperidine rings is 1. The topological polar surface area (TPSA) is 61.4 Å². The number of rotatable bonds is 3. The molecule has 0 aromatic heterocycles. The molecule has 2 rings (SSSR count). The number of carbonyl (C=O) groups excluding carboxylic acids is 2. The summed E-state index contributed by atoms with van der Waals surface area (Å²) in [6.07, 6.45) is 1.44. The van der Waals surface area contributed by atoms with E-state index in [4.69, 9.17) is 0 Å². The lowest BCUT2D eigenvalue weighted by atomic mass is 10.0. The van der Waals surface area contributed by atoms with Crippen LogP contribution in [0.4, 0.5) is 9.18 Å². The van der Waals surface area contributed by atoms with Crippen LogP contribution in [0.3, 0.4) is 0 Å². The highest BCUT2D eigenvalue weighted by atomic mass is 19.1. The molecule has 2 N–H and O–H groups in total. The van der Waals surface area contributed by atoms with E-state index in [1.807, 2.05) is 13.8 Å². The van der Waals surface area contributed by atoms with E-state index < -0.39 is 0 Å². The van der Waals surface area contributed by atoms with Crippen LogP contribution in [0.2, 0.25) is 0 Å². The first kappa shape index (κ1) is 16.3. The quantitative estimate of drug-likeness (QED) is 0.899. The van der Waals surface area contributed by atoms with Crippen LogP contribution in [0.25, 0.3) is 0 Å². The summed E-state index contributed by atoms with van der Waals surface area (Å²) in [5.41, 5.74) is 0.491. The van der Waals surface area contributed by atoms with Crippen molar-refractivity contribution in [3.63, 3.8) is 0 Å². The largest absolute Gasteiger partial charge is 0.338 e. The Balaban J connectivity index is 1.83. The van der Waals surface area contributed by atoms with E-state index in [0.29, 0.717) is 18.7 Å². The van der Waals surface area contributed by atoms with Gasteiger partial charge in [0, 0.05) is 30.7 Å². The molecule has 0 aliphatic carbocycles. The molecule has 1 saturated heterocycles. The molecule has 0 saturated carbocycles. The summed E-state index contributed by atoms with van der Waals surface area (Å²) in [6, 6.07) is 5.58. The first-order chi connectivity index (χ1) is 10.5. The van der Waals surface area contributed by atoms with E-state index in [0.717, 1.165) is 12.8 Å². The number of carbonyl (C=O) groups is 2. The molecule has 1 fully saturated rings. The molecule has 0 bridgehead atoms. The molecule has 1 aliphatic rings. The summed E-state index contributed by atoms with van der Waals surface area (Å²) < 4.78 is 12.9. The summed E-state index contributed by atoms with van der Waals surface area (Å²) in [7, 11) is 0. The number of nitrogens with one attached hydrogen (secondary N) is 2. The number of benzene rings is 1. The number of amides is 3. The van der Waals surface area contributed by atoms with E-state index in [1.54, 1.807) is 4.90 Å². The Morgan fingerprint density at radius 3 is 2.32 bits per heavy atom. The summed E-state index contributed by atoms with van der Waals surface area (Å²) in [5, 5.41) is 5.71. The molecule has 5 nitrogen and oxygen atoms in total. The van der Waals surface area contributed by atoms with Gasteiger partial charge in [-0.2, -0.15) is 0 Å². The van der Waals surface area contributed by atoms with Crippen LogP contribution in [0.5, 0.6) is 0 Å². The van der Waals surface area contributed by atoms with Crippen LogP contribution < -0.4 is 10.6 Å². The summed E-state index contributed by atoms with van der Waals surface area (Å²) in [5.74, 6) is -0.444. The minimum absolute atomic E-state index is 0.0796. The second-order valence-electron chi connectivity index (χ2n) is 5.85. The maximum Gasteiger partial charge on any atom is 0.315 e.